The van der Waals surface area contributed by atoms with E-state index in [1.165, 1.54) is 18.3 Å². The van der Waals surface area contributed by atoms with Crippen LogP contribution in [0.4, 0.5) is 24.7 Å². The van der Waals surface area contributed by atoms with Crippen LogP contribution in [0.3, 0.4) is 0 Å². The molecular weight excluding hydrogens is 709 g/mol. The Balaban J connectivity index is 0.776. The van der Waals surface area contributed by atoms with Crippen molar-refractivity contribution in [2.75, 3.05) is 42.9 Å². The predicted molar refractivity (Wildman–Crippen MR) is 203 cm³/mol. The molecule has 3 N–H and O–H groups in total. The fourth-order valence-electron chi connectivity index (χ4n) is 8.23. The summed E-state index contributed by atoms with van der Waals surface area (Å²) >= 11 is 0. The first-order valence-electron chi connectivity index (χ1n) is 19.7. The van der Waals surface area contributed by atoms with Crippen LogP contribution in [0.25, 0.3) is 5.65 Å². The largest absolute Gasteiger partial charge is 0.374 e. The van der Waals surface area contributed by atoms with Crippen molar-refractivity contribution < 1.29 is 27.6 Å². The maximum Gasteiger partial charge on any atom is 0.256 e. The normalized spacial score (nSPS) is 19.6. The van der Waals surface area contributed by atoms with Crippen LogP contribution in [0.15, 0.2) is 54.9 Å². The van der Waals surface area contributed by atoms with Gasteiger partial charge in [0.1, 0.15) is 34.9 Å². The number of halogens is 3. The topological polar surface area (TPSA) is 124 Å². The number of amides is 3. The first kappa shape index (κ1) is 38.3. The number of nitrogens with zero attached hydrogens (tertiary/aromatic N) is 5. The van der Waals surface area contributed by atoms with E-state index in [1.54, 1.807) is 16.8 Å². The molecule has 2 unspecified atom stereocenters. The summed E-state index contributed by atoms with van der Waals surface area (Å²) < 4.78 is 45.2. The van der Waals surface area contributed by atoms with Crippen molar-refractivity contribution in [1.82, 2.24) is 30.1 Å². The van der Waals surface area contributed by atoms with E-state index in [9.17, 15) is 23.2 Å². The monoisotopic (exact) mass is 758 g/mol. The fourth-order valence-corrected chi connectivity index (χ4v) is 8.23. The Bertz CT molecular complexity index is 2000. The van der Waals surface area contributed by atoms with Gasteiger partial charge in [-0.15, -0.1) is 0 Å². The molecule has 4 aromatic rings. The number of hydrogen-bond donors (Lipinski definition) is 3. The first-order valence-corrected chi connectivity index (χ1v) is 19.7. The number of imide groups is 1. The molecule has 2 aromatic heterocycles. The second-order valence-electron chi connectivity index (χ2n) is 15.0. The Morgan fingerprint density at radius 2 is 1.65 bits per heavy atom. The summed E-state index contributed by atoms with van der Waals surface area (Å²) in [6.07, 6.45) is 13.6. The summed E-state index contributed by atoms with van der Waals surface area (Å²) in [7, 11) is 0. The summed E-state index contributed by atoms with van der Waals surface area (Å²) in [6, 6.07) is 9.55. The van der Waals surface area contributed by atoms with Crippen LogP contribution in [-0.4, -0.2) is 76.0 Å². The highest BCUT2D eigenvalue weighted by Crippen LogP contribution is 2.37. The van der Waals surface area contributed by atoms with Crippen LogP contribution in [-0.2, 0) is 9.59 Å². The number of nitrogens with one attached hydrogen (secondary N) is 3. The molecule has 292 valence electrons. The fraction of sp³-hybridized carbons (Fsp3) is 0.488. The van der Waals surface area contributed by atoms with E-state index in [1.807, 2.05) is 17.0 Å². The second kappa shape index (κ2) is 17.7. The minimum absolute atomic E-state index is 0.172. The van der Waals surface area contributed by atoms with Crippen LogP contribution in [0.5, 0.6) is 0 Å². The maximum atomic E-state index is 15.1. The molecule has 3 aliphatic rings. The van der Waals surface area contributed by atoms with Crippen molar-refractivity contribution in [3.05, 3.63) is 89.0 Å². The van der Waals surface area contributed by atoms with Crippen molar-refractivity contribution in [3.8, 4) is 0 Å². The predicted octanol–water partition coefficient (Wildman–Crippen LogP) is 6.66. The van der Waals surface area contributed by atoms with Gasteiger partial charge in [0.25, 0.3) is 5.91 Å². The summed E-state index contributed by atoms with van der Waals surface area (Å²) in [5.74, 6) is -1.30. The molecule has 11 nitrogen and oxygen atoms in total. The number of carbonyl (C=O) groups is 3. The van der Waals surface area contributed by atoms with Gasteiger partial charge in [-0.1, -0.05) is 31.7 Å². The SMILES string of the molecule is O=C1CCC(Nc2ccc(C3CCN(CCCCCCCCNC(=O)c4cnn5ccc(N6CCCC6c6cc(F)ccc6F)nc45)CC3)c(F)c2)C(=O)N1. The van der Waals surface area contributed by atoms with Gasteiger partial charge in [-0.05, 0) is 112 Å². The van der Waals surface area contributed by atoms with Crippen molar-refractivity contribution in [1.29, 1.82) is 0 Å². The molecule has 0 spiro atoms. The van der Waals surface area contributed by atoms with E-state index in [0.29, 0.717) is 54.2 Å². The van der Waals surface area contributed by atoms with Gasteiger partial charge in [0.2, 0.25) is 11.8 Å². The molecule has 55 heavy (non-hydrogen) atoms. The number of unbranched alkanes of at least 4 members (excludes halogenated alkanes) is 5. The number of anilines is 2. The zero-order valence-corrected chi connectivity index (χ0v) is 31.0. The van der Waals surface area contributed by atoms with E-state index in [0.717, 1.165) is 95.1 Å². The number of fused-ring (bicyclic) bond motifs is 1. The molecule has 2 atom stereocenters. The number of hydrogen-bond acceptors (Lipinski definition) is 8. The molecule has 0 bridgehead atoms. The van der Waals surface area contributed by atoms with Crippen LogP contribution < -0.4 is 20.9 Å². The molecule has 3 saturated heterocycles. The quantitative estimate of drug-likeness (QED) is 0.0910. The van der Waals surface area contributed by atoms with Crippen molar-refractivity contribution >= 4 is 34.9 Å². The molecule has 0 saturated carbocycles. The molecule has 3 fully saturated rings. The third-order valence-corrected chi connectivity index (χ3v) is 11.3. The van der Waals surface area contributed by atoms with Gasteiger partial charge in [0.15, 0.2) is 5.65 Å². The minimum Gasteiger partial charge on any atom is -0.374 e. The minimum atomic E-state index is -0.537. The zero-order chi connectivity index (χ0) is 38.3. The van der Waals surface area contributed by atoms with Gasteiger partial charge >= 0.3 is 0 Å². The van der Waals surface area contributed by atoms with Crippen LogP contribution in [0.1, 0.15) is 110 Å². The van der Waals surface area contributed by atoms with Gasteiger partial charge in [-0.25, -0.2) is 22.7 Å². The summed E-state index contributed by atoms with van der Waals surface area (Å²) in [4.78, 5) is 45.7. The molecular formula is C41H49F3N8O3. The van der Waals surface area contributed by atoms with Crippen LogP contribution in [0, 0.1) is 17.5 Å². The molecule has 0 aliphatic carbocycles. The smallest absolute Gasteiger partial charge is 0.256 e. The van der Waals surface area contributed by atoms with Gasteiger partial charge < -0.3 is 20.4 Å². The first-order chi connectivity index (χ1) is 26.7. The van der Waals surface area contributed by atoms with E-state index in [4.69, 9.17) is 4.98 Å². The molecule has 7 rings (SSSR count). The lowest BCUT2D eigenvalue weighted by Gasteiger charge is -2.32. The molecule has 2 aromatic carbocycles. The average molecular weight is 759 g/mol. The third-order valence-electron chi connectivity index (χ3n) is 11.3. The molecule has 5 heterocycles. The summed E-state index contributed by atoms with van der Waals surface area (Å²) in [5, 5.41) is 12.7. The van der Waals surface area contributed by atoms with Crippen LogP contribution >= 0.6 is 0 Å². The Labute approximate surface area is 319 Å². The highest BCUT2D eigenvalue weighted by Gasteiger charge is 2.31. The van der Waals surface area contributed by atoms with E-state index in [2.05, 4.69) is 25.9 Å². The Morgan fingerprint density at radius 3 is 2.45 bits per heavy atom. The highest BCUT2D eigenvalue weighted by atomic mass is 19.1. The molecule has 14 heteroatoms. The standard InChI is InChI=1S/C41H49F3N8O3/c42-28-9-12-33(43)31(24-28)36-8-7-20-51(36)37-17-23-52-39(48-37)32(26-46-52)40(54)45-18-5-3-1-2-4-6-19-50-21-15-27(16-22-50)30-11-10-29(25-34(30)44)47-35-13-14-38(53)49-41(35)55/h9-12,17,23-27,35-36,47H,1-8,13-16,18-22H2,(H,45,54)(H,49,53,55). The third kappa shape index (κ3) is 9.29. The van der Waals surface area contributed by atoms with E-state index < -0.39 is 17.7 Å². The zero-order valence-electron chi connectivity index (χ0n) is 31.0. The van der Waals surface area contributed by atoms with Gasteiger partial charge in [0, 0.05) is 37.0 Å². The van der Waals surface area contributed by atoms with Crippen molar-refractivity contribution in [2.24, 2.45) is 0 Å². The summed E-state index contributed by atoms with van der Waals surface area (Å²) in [5.41, 5.74) is 2.38. The second-order valence-corrected chi connectivity index (χ2v) is 15.0. The number of likely N-dealkylation sites (tertiary alicyclic amines) is 1. The lowest BCUT2D eigenvalue weighted by Crippen LogP contribution is -2.47. The molecule has 0 radical (unpaired) electrons. The average Bonchev–Trinajstić information content (AvgIpc) is 3.84. The highest BCUT2D eigenvalue weighted by molar-refractivity contribution is 6.01. The van der Waals surface area contributed by atoms with Gasteiger partial charge in [-0.3, -0.25) is 19.7 Å². The Morgan fingerprint density at radius 1 is 0.855 bits per heavy atom. The van der Waals surface area contributed by atoms with E-state index in [-0.39, 0.29) is 41.9 Å². The lowest BCUT2D eigenvalue weighted by atomic mass is 9.88. The van der Waals surface area contributed by atoms with Crippen LogP contribution in [0.2, 0.25) is 0 Å². The number of benzene rings is 2. The summed E-state index contributed by atoms with van der Waals surface area (Å²) in [6.45, 7) is 4.12. The number of piperidine rings is 2. The van der Waals surface area contributed by atoms with E-state index >= 15 is 4.39 Å². The van der Waals surface area contributed by atoms with Crippen molar-refractivity contribution in [2.45, 2.75) is 95.1 Å². The van der Waals surface area contributed by atoms with Gasteiger partial charge in [-0.2, -0.15) is 5.10 Å². The maximum absolute atomic E-state index is 15.1. The number of carbonyl (C=O) groups excluding carboxylic acids is 3. The number of aromatic nitrogens is 3. The van der Waals surface area contributed by atoms with Crippen molar-refractivity contribution in [3.63, 3.8) is 0 Å². The lowest BCUT2D eigenvalue weighted by molar-refractivity contribution is -0.133. The number of rotatable bonds is 15. The molecule has 3 aliphatic heterocycles. The molecule has 3 amide bonds. The Kier molecular flexibility index (Phi) is 12.3. The Hall–Kier alpha value is -4.98. The van der Waals surface area contributed by atoms with Gasteiger partial charge in [0.05, 0.1) is 12.2 Å².